The van der Waals surface area contributed by atoms with E-state index in [2.05, 4.69) is 28.3 Å². The summed E-state index contributed by atoms with van der Waals surface area (Å²) >= 11 is 0. The van der Waals surface area contributed by atoms with Gasteiger partial charge in [-0.3, -0.25) is 4.79 Å². The Hall–Kier alpha value is -2.43. The summed E-state index contributed by atoms with van der Waals surface area (Å²) in [5.41, 5.74) is 2.56. The summed E-state index contributed by atoms with van der Waals surface area (Å²) in [5.74, 6) is 0.0823. The van der Waals surface area contributed by atoms with E-state index in [9.17, 15) is 4.79 Å². The molecule has 2 aromatic rings. The van der Waals surface area contributed by atoms with Crippen LogP contribution in [0.3, 0.4) is 0 Å². The van der Waals surface area contributed by atoms with E-state index >= 15 is 0 Å². The predicted octanol–water partition coefficient (Wildman–Crippen LogP) is 1.59. The zero-order chi connectivity index (χ0) is 13.8. The van der Waals surface area contributed by atoms with E-state index < -0.39 is 0 Å². The largest absolute Gasteiger partial charge is 0.337 e. The molecule has 0 fully saturated rings. The lowest BCUT2D eigenvalue weighted by Gasteiger charge is -2.26. The van der Waals surface area contributed by atoms with E-state index in [0.29, 0.717) is 6.54 Å². The molecule has 2 heterocycles. The molecule has 1 aromatic carbocycles. The average Bonchev–Trinajstić information content (AvgIpc) is 3.01. The third kappa shape index (κ3) is 2.77. The van der Waals surface area contributed by atoms with E-state index in [-0.39, 0.29) is 12.5 Å². The highest BCUT2D eigenvalue weighted by Crippen LogP contribution is 2.21. The third-order valence-electron chi connectivity index (χ3n) is 3.47. The molecule has 1 amide bonds. The summed E-state index contributed by atoms with van der Waals surface area (Å²) in [6, 6.07) is 10.3. The first-order chi connectivity index (χ1) is 9.83. The van der Waals surface area contributed by atoms with Crippen molar-refractivity contribution in [3.63, 3.8) is 0 Å². The van der Waals surface area contributed by atoms with Crippen molar-refractivity contribution in [3.8, 4) is 0 Å². The van der Waals surface area contributed by atoms with Gasteiger partial charge in [0.1, 0.15) is 19.2 Å². The van der Waals surface area contributed by atoms with Crippen molar-refractivity contribution in [2.75, 3.05) is 13.1 Å². The van der Waals surface area contributed by atoms with Crippen LogP contribution in [0.4, 0.5) is 0 Å². The molecule has 20 heavy (non-hydrogen) atoms. The maximum atomic E-state index is 12.1. The molecular formula is C15H16N4O. The van der Waals surface area contributed by atoms with Gasteiger partial charge in [-0.1, -0.05) is 36.4 Å². The Kier molecular flexibility index (Phi) is 3.58. The first-order valence-electron chi connectivity index (χ1n) is 6.67. The Morgan fingerprint density at radius 2 is 2.10 bits per heavy atom. The van der Waals surface area contributed by atoms with Crippen LogP contribution in [0.25, 0.3) is 5.57 Å². The van der Waals surface area contributed by atoms with Crippen LogP contribution in [-0.2, 0) is 11.3 Å². The second-order valence-corrected chi connectivity index (χ2v) is 4.78. The van der Waals surface area contributed by atoms with Crippen LogP contribution < -0.4 is 0 Å². The van der Waals surface area contributed by atoms with Crippen LogP contribution in [0.1, 0.15) is 12.0 Å². The lowest BCUT2D eigenvalue weighted by Crippen LogP contribution is -2.37. The van der Waals surface area contributed by atoms with Crippen molar-refractivity contribution in [3.05, 3.63) is 54.6 Å². The minimum Gasteiger partial charge on any atom is -0.337 e. The van der Waals surface area contributed by atoms with Gasteiger partial charge >= 0.3 is 0 Å². The van der Waals surface area contributed by atoms with Crippen LogP contribution in [0.15, 0.2) is 49.1 Å². The van der Waals surface area contributed by atoms with Crippen LogP contribution in [0.5, 0.6) is 0 Å². The van der Waals surface area contributed by atoms with Gasteiger partial charge in [0.2, 0.25) is 5.91 Å². The molecule has 0 N–H and O–H groups in total. The molecule has 1 aliphatic rings. The van der Waals surface area contributed by atoms with Crippen LogP contribution in [0.2, 0.25) is 0 Å². The van der Waals surface area contributed by atoms with E-state index in [4.69, 9.17) is 0 Å². The van der Waals surface area contributed by atoms with Crippen molar-refractivity contribution in [2.24, 2.45) is 0 Å². The minimum atomic E-state index is 0.0823. The highest BCUT2D eigenvalue weighted by atomic mass is 16.2. The molecule has 3 rings (SSSR count). The number of aromatic nitrogens is 3. The average molecular weight is 268 g/mol. The molecule has 0 atom stereocenters. The highest BCUT2D eigenvalue weighted by Gasteiger charge is 2.18. The fourth-order valence-corrected chi connectivity index (χ4v) is 2.36. The van der Waals surface area contributed by atoms with Crippen LogP contribution in [-0.4, -0.2) is 38.7 Å². The van der Waals surface area contributed by atoms with Gasteiger partial charge in [0.05, 0.1) is 0 Å². The molecule has 0 spiro atoms. The minimum absolute atomic E-state index is 0.0823. The third-order valence-corrected chi connectivity index (χ3v) is 3.47. The molecule has 0 saturated carbocycles. The zero-order valence-corrected chi connectivity index (χ0v) is 11.1. The van der Waals surface area contributed by atoms with E-state index in [1.54, 1.807) is 11.0 Å². The number of amides is 1. The lowest BCUT2D eigenvalue weighted by molar-refractivity contribution is -0.131. The summed E-state index contributed by atoms with van der Waals surface area (Å²) < 4.78 is 1.55. The van der Waals surface area contributed by atoms with Gasteiger partial charge in [-0.15, -0.1) is 0 Å². The van der Waals surface area contributed by atoms with Gasteiger partial charge in [-0.2, -0.15) is 5.10 Å². The van der Waals surface area contributed by atoms with Gasteiger partial charge in [0.15, 0.2) is 0 Å². The Balaban J connectivity index is 1.63. The summed E-state index contributed by atoms with van der Waals surface area (Å²) in [7, 11) is 0. The highest BCUT2D eigenvalue weighted by molar-refractivity contribution is 5.78. The van der Waals surface area contributed by atoms with Crippen LogP contribution >= 0.6 is 0 Å². The molecular weight excluding hydrogens is 252 g/mol. The topological polar surface area (TPSA) is 51.0 Å². The monoisotopic (exact) mass is 268 g/mol. The van der Waals surface area contributed by atoms with E-state index in [1.165, 1.54) is 17.5 Å². The van der Waals surface area contributed by atoms with Crippen LogP contribution in [0, 0.1) is 0 Å². The first-order valence-corrected chi connectivity index (χ1v) is 6.67. The van der Waals surface area contributed by atoms with E-state index in [0.717, 1.165) is 13.0 Å². The standard InChI is InChI=1S/C15H16N4O/c20-15(10-19-12-16-11-17-19)18-8-6-14(7-9-18)13-4-2-1-3-5-13/h1-6,11-12H,7-10H2. The molecule has 0 bridgehead atoms. The van der Waals surface area contributed by atoms with Crippen molar-refractivity contribution in [1.82, 2.24) is 19.7 Å². The molecule has 1 aromatic heterocycles. The Bertz CT molecular complexity index is 604. The molecule has 5 nitrogen and oxygen atoms in total. The molecule has 1 aliphatic heterocycles. The quantitative estimate of drug-likeness (QED) is 0.849. The number of carbonyl (C=O) groups is 1. The second kappa shape index (κ2) is 5.69. The molecule has 5 heteroatoms. The van der Waals surface area contributed by atoms with E-state index in [1.807, 2.05) is 23.1 Å². The Morgan fingerprint density at radius 1 is 1.25 bits per heavy atom. The van der Waals surface area contributed by atoms with Gasteiger partial charge in [0.25, 0.3) is 0 Å². The number of carbonyl (C=O) groups excluding carboxylic acids is 1. The fraction of sp³-hybridized carbons (Fsp3) is 0.267. The van der Waals surface area contributed by atoms with Crippen molar-refractivity contribution in [1.29, 1.82) is 0 Å². The van der Waals surface area contributed by atoms with Crippen molar-refractivity contribution in [2.45, 2.75) is 13.0 Å². The summed E-state index contributed by atoms with van der Waals surface area (Å²) in [5, 5.41) is 3.96. The zero-order valence-electron chi connectivity index (χ0n) is 11.1. The van der Waals surface area contributed by atoms with Gasteiger partial charge < -0.3 is 4.90 Å². The van der Waals surface area contributed by atoms with Gasteiger partial charge in [0, 0.05) is 13.1 Å². The lowest BCUT2D eigenvalue weighted by atomic mass is 9.99. The molecule has 102 valence electrons. The fourth-order valence-electron chi connectivity index (χ4n) is 2.36. The normalized spacial score (nSPS) is 15.0. The second-order valence-electron chi connectivity index (χ2n) is 4.78. The summed E-state index contributed by atoms with van der Waals surface area (Å²) in [4.78, 5) is 17.8. The first kappa shape index (κ1) is 12.6. The SMILES string of the molecule is O=C(Cn1cncn1)N1CC=C(c2ccccc2)CC1. The molecule has 0 saturated heterocycles. The van der Waals surface area contributed by atoms with Crippen molar-refractivity contribution < 1.29 is 4.79 Å². The maximum absolute atomic E-state index is 12.1. The van der Waals surface area contributed by atoms with Gasteiger partial charge in [-0.05, 0) is 17.6 Å². The molecule has 0 radical (unpaired) electrons. The number of hydrogen-bond acceptors (Lipinski definition) is 3. The summed E-state index contributed by atoms with van der Waals surface area (Å²) in [6.07, 6.45) is 6.04. The number of rotatable bonds is 3. The Labute approximate surface area is 117 Å². The number of nitrogens with zero attached hydrogens (tertiary/aromatic N) is 4. The van der Waals surface area contributed by atoms with Crippen molar-refractivity contribution >= 4 is 11.5 Å². The summed E-state index contributed by atoms with van der Waals surface area (Å²) in [6.45, 7) is 1.68. The number of benzene rings is 1. The maximum Gasteiger partial charge on any atom is 0.244 e. The van der Waals surface area contributed by atoms with Gasteiger partial charge in [-0.25, -0.2) is 9.67 Å². The Morgan fingerprint density at radius 3 is 2.75 bits per heavy atom. The number of hydrogen-bond donors (Lipinski definition) is 0. The molecule has 0 aliphatic carbocycles. The predicted molar refractivity (Wildman–Crippen MR) is 75.6 cm³/mol. The molecule has 0 unspecified atom stereocenters. The smallest absolute Gasteiger partial charge is 0.244 e.